The van der Waals surface area contributed by atoms with E-state index in [1.54, 1.807) is 17.2 Å². The molecule has 2 saturated heterocycles. The Morgan fingerprint density at radius 3 is 3.09 bits per heavy atom. The molecule has 1 aromatic heterocycles. The van der Waals surface area contributed by atoms with Crippen molar-refractivity contribution in [2.24, 2.45) is 0 Å². The molecule has 1 N–H and O–H groups in total. The van der Waals surface area contributed by atoms with Crippen LogP contribution in [0.25, 0.3) is 0 Å². The first-order valence-electron chi connectivity index (χ1n) is 7.79. The maximum atomic E-state index is 13.5. The largest absolute Gasteiger partial charge is 0.365 e. The number of halogens is 1. The summed E-state index contributed by atoms with van der Waals surface area (Å²) in [4.78, 5) is 23.6. The molecule has 7 nitrogen and oxygen atoms in total. The molecule has 3 atom stereocenters. The highest BCUT2D eigenvalue weighted by atomic mass is 19.1. The van der Waals surface area contributed by atoms with Gasteiger partial charge in [0.15, 0.2) is 0 Å². The summed E-state index contributed by atoms with van der Waals surface area (Å²) in [5, 5.41) is 12.4. The maximum absolute atomic E-state index is 13.5. The van der Waals surface area contributed by atoms with Gasteiger partial charge < -0.3 is 15.1 Å². The molecule has 0 aromatic carbocycles. The van der Waals surface area contributed by atoms with E-state index in [1.165, 1.54) is 11.2 Å². The zero-order valence-corrected chi connectivity index (χ0v) is 12.7. The molecule has 0 spiro atoms. The van der Waals surface area contributed by atoms with E-state index >= 15 is 0 Å². The molecule has 3 heterocycles. The van der Waals surface area contributed by atoms with E-state index in [0.29, 0.717) is 13.1 Å². The molecular weight excluding hydrogens is 299 g/mol. The number of urea groups is 1. The van der Waals surface area contributed by atoms with Crippen molar-refractivity contribution in [2.45, 2.75) is 37.5 Å². The Bertz CT molecular complexity index is 591. The molecule has 0 saturated carbocycles. The van der Waals surface area contributed by atoms with Crippen LogP contribution in [-0.2, 0) is 0 Å². The van der Waals surface area contributed by atoms with E-state index in [2.05, 4.69) is 15.3 Å². The van der Waals surface area contributed by atoms with E-state index in [0.717, 1.165) is 18.7 Å². The van der Waals surface area contributed by atoms with Crippen LogP contribution >= 0.6 is 0 Å². The number of alkyl halides is 1. The van der Waals surface area contributed by atoms with Gasteiger partial charge in [-0.3, -0.25) is 0 Å². The van der Waals surface area contributed by atoms with E-state index < -0.39 is 12.2 Å². The van der Waals surface area contributed by atoms with Crippen molar-refractivity contribution in [1.29, 1.82) is 5.26 Å². The second kappa shape index (κ2) is 6.77. The zero-order valence-electron chi connectivity index (χ0n) is 12.7. The van der Waals surface area contributed by atoms with E-state index in [9.17, 15) is 9.18 Å². The number of aromatic nitrogens is 2. The number of nitriles is 1. The molecule has 2 amide bonds. The summed E-state index contributed by atoms with van der Waals surface area (Å²) < 4.78 is 13.5. The van der Waals surface area contributed by atoms with Gasteiger partial charge in [0.2, 0.25) is 0 Å². The Kier molecular flexibility index (Phi) is 4.55. The minimum Gasteiger partial charge on any atom is -0.365 e. The number of amides is 2. The quantitative estimate of drug-likeness (QED) is 0.891. The summed E-state index contributed by atoms with van der Waals surface area (Å²) in [6, 6.07) is 2.99. The maximum Gasteiger partial charge on any atom is 0.321 e. The Hall–Kier alpha value is -2.43. The predicted octanol–water partition coefficient (Wildman–Crippen LogP) is 1.41. The number of likely N-dealkylation sites (tertiary alicyclic amines) is 2. The van der Waals surface area contributed by atoms with Crippen LogP contribution < -0.4 is 5.32 Å². The van der Waals surface area contributed by atoms with Crippen molar-refractivity contribution >= 4 is 11.8 Å². The molecule has 2 fully saturated rings. The van der Waals surface area contributed by atoms with Crippen LogP contribution in [0.2, 0.25) is 0 Å². The SMILES string of the molecule is N#C[C@@H]1C[C@H](F)CN1C(=O)N1CCC[C@@H](Nc2ccncn2)C1. The van der Waals surface area contributed by atoms with Crippen molar-refractivity contribution in [3.8, 4) is 6.07 Å². The van der Waals surface area contributed by atoms with Gasteiger partial charge in [0, 0.05) is 31.7 Å². The third-order valence-corrected chi connectivity index (χ3v) is 4.27. The molecule has 8 heteroatoms. The Morgan fingerprint density at radius 2 is 2.35 bits per heavy atom. The van der Waals surface area contributed by atoms with Crippen LogP contribution in [0.15, 0.2) is 18.6 Å². The van der Waals surface area contributed by atoms with Crippen molar-refractivity contribution in [2.75, 3.05) is 25.0 Å². The number of carbonyl (C=O) groups excluding carboxylic acids is 1. The molecule has 0 radical (unpaired) electrons. The molecule has 3 rings (SSSR count). The molecule has 0 bridgehead atoms. The molecule has 0 aliphatic carbocycles. The number of piperidine rings is 1. The van der Waals surface area contributed by atoms with Crippen LogP contribution in [0.4, 0.5) is 15.0 Å². The Labute approximate surface area is 134 Å². The monoisotopic (exact) mass is 318 g/mol. The van der Waals surface area contributed by atoms with Crippen LogP contribution in [-0.4, -0.2) is 63.7 Å². The van der Waals surface area contributed by atoms with E-state index in [4.69, 9.17) is 5.26 Å². The van der Waals surface area contributed by atoms with Gasteiger partial charge in [0.25, 0.3) is 0 Å². The Balaban J connectivity index is 1.62. The first-order chi connectivity index (χ1) is 11.2. The van der Waals surface area contributed by atoms with Gasteiger partial charge in [-0.25, -0.2) is 19.2 Å². The summed E-state index contributed by atoms with van der Waals surface area (Å²) >= 11 is 0. The standard InChI is InChI=1S/C15H19FN6O/c16-11-6-13(7-17)22(8-11)15(23)21-5-1-2-12(9-21)20-14-3-4-18-10-19-14/h3-4,10-13H,1-2,5-6,8-9H2,(H,18,19,20)/t11-,12+,13-/m0/s1. The van der Waals surface area contributed by atoms with Crippen molar-refractivity contribution < 1.29 is 9.18 Å². The normalized spacial score (nSPS) is 27.6. The summed E-state index contributed by atoms with van der Waals surface area (Å²) in [5.74, 6) is 0.721. The summed E-state index contributed by atoms with van der Waals surface area (Å²) in [5.41, 5.74) is 0. The second-order valence-electron chi connectivity index (χ2n) is 5.94. The number of anilines is 1. The van der Waals surface area contributed by atoms with E-state index in [-0.39, 0.29) is 25.0 Å². The highest BCUT2D eigenvalue weighted by Gasteiger charge is 2.38. The minimum atomic E-state index is -1.11. The highest BCUT2D eigenvalue weighted by Crippen LogP contribution is 2.23. The highest BCUT2D eigenvalue weighted by molar-refractivity contribution is 5.76. The lowest BCUT2D eigenvalue weighted by molar-refractivity contribution is 0.140. The van der Waals surface area contributed by atoms with Gasteiger partial charge in [-0.05, 0) is 18.9 Å². The van der Waals surface area contributed by atoms with Crippen molar-refractivity contribution in [3.63, 3.8) is 0 Å². The lowest BCUT2D eigenvalue weighted by atomic mass is 10.1. The van der Waals surface area contributed by atoms with Crippen LogP contribution in [0.5, 0.6) is 0 Å². The minimum absolute atomic E-state index is 0.0115. The first kappa shape index (κ1) is 15.5. The third-order valence-electron chi connectivity index (χ3n) is 4.27. The lowest BCUT2D eigenvalue weighted by Gasteiger charge is -2.36. The summed E-state index contributed by atoms with van der Waals surface area (Å²) in [6.45, 7) is 1.17. The molecule has 122 valence electrons. The van der Waals surface area contributed by atoms with Gasteiger partial charge >= 0.3 is 6.03 Å². The zero-order chi connectivity index (χ0) is 16.2. The fourth-order valence-electron chi connectivity index (χ4n) is 3.15. The number of hydrogen-bond donors (Lipinski definition) is 1. The van der Waals surface area contributed by atoms with Gasteiger partial charge in [-0.1, -0.05) is 0 Å². The molecule has 0 unspecified atom stereocenters. The van der Waals surface area contributed by atoms with Gasteiger partial charge in [0.1, 0.15) is 24.4 Å². The van der Waals surface area contributed by atoms with Crippen molar-refractivity contribution in [3.05, 3.63) is 18.6 Å². The van der Waals surface area contributed by atoms with Gasteiger partial charge in [0.05, 0.1) is 12.6 Å². The summed E-state index contributed by atoms with van der Waals surface area (Å²) in [7, 11) is 0. The van der Waals surface area contributed by atoms with Crippen LogP contribution in [0.3, 0.4) is 0 Å². The first-order valence-corrected chi connectivity index (χ1v) is 7.79. The fraction of sp³-hybridized carbons (Fsp3) is 0.600. The van der Waals surface area contributed by atoms with Crippen LogP contribution in [0.1, 0.15) is 19.3 Å². The predicted molar refractivity (Wildman–Crippen MR) is 81.3 cm³/mol. The number of rotatable bonds is 2. The third kappa shape index (κ3) is 3.50. The van der Waals surface area contributed by atoms with Crippen molar-refractivity contribution in [1.82, 2.24) is 19.8 Å². The summed E-state index contributed by atoms with van der Waals surface area (Å²) in [6.07, 6.45) is 3.92. The average Bonchev–Trinajstić information content (AvgIpc) is 2.96. The Morgan fingerprint density at radius 1 is 1.48 bits per heavy atom. The fourth-order valence-corrected chi connectivity index (χ4v) is 3.15. The number of nitrogens with zero attached hydrogens (tertiary/aromatic N) is 5. The smallest absolute Gasteiger partial charge is 0.321 e. The lowest BCUT2D eigenvalue weighted by Crippen LogP contribution is -2.51. The van der Waals surface area contributed by atoms with Gasteiger partial charge in [-0.15, -0.1) is 0 Å². The molecular formula is C15H19FN6O. The molecule has 23 heavy (non-hydrogen) atoms. The average molecular weight is 318 g/mol. The molecule has 2 aliphatic heterocycles. The van der Waals surface area contributed by atoms with Crippen LogP contribution in [0, 0.1) is 11.3 Å². The van der Waals surface area contributed by atoms with E-state index in [1.807, 2.05) is 6.07 Å². The second-order valence-corrected chi connectivity index (χ2v) is 5.94. The molecule has 2 aliphatic rings. The van der Waals surface area contributed by atoms with Gasteiger partial charge in [-0.2, -0.15) is 5.26 Å². The number of hydrogen-bond acceptors (Lipinski definition) is 5. The number of nitrogens with one attached hydrogen (secondary N) is 1. The topological polar surface area (TPSA) is 85.2 Å². The number of carbonyl (C=O) groups is 1. The molecule has 1 aromatic rings.